The molecular weight excluding hydrogens is 236 g/mol. The van der Waals surface area contributed by atoms with Gasteiger partial charge in [-0.1, -0.05) is 0 Å². The molecule has 0 bridgehead atoms. The average Bonchev–Trinajstić information content (AvgIpc) is 2.54. The van der Waals surface area contributed by atoms with Crippen LogP contribution in [0, 0.1) is 13.8 Å². The molecule has 0 fully saturated rings. The van der Waals surface area contributed by atoms with Crippen LogP contribution in [-0.2, 0) is 9.47 Å². The number of rotatable bonds is 4. The van der Waals surface area contributed by atoms with E-state index in [1.807, 2.05) is 0 Å². The summed E-state index contributed by atoms with van der Waals surface area (Å²) in [5.41, 5.74) is 1.31. The van der Waals surface area contributed by atoms with Crippen molar-refractivity contribution in [3.8, 4) is 0 Å². The highest BCUT2D eigenvalue weighted by Crippen LogP contribution is 2.22. The third-order valence-corrected chi connectivity index (χ3v) is 2.66. The van der Waals surface area contributed by atoms with Gasteiger partial charge in [0.15, 0.2) is 0 Å². The standard InChI is InChI=1S/C12H18N2O4/c1-5-17-11(15)9-7(3)14(13)8(4)10(9)12(16)18-6-2/h5-6,13H2,1-4H3. The molecule has 1 rings (SSSR count). The highest BCUT2D eigenvalue weighted by atomic mass is 16.5. The molecule has 6 heteroatoms. The molecule has 100 valence electrons. The minimum Gasteiger partial charge on any atom is -0.462 e. The lowest BCUT2D eigenvalue weighted by Crippen LogP contribution is -2.13. The second-order valence-electron chi connectivity index (χ2n) is 3.73. The van der Waals surface area contributed by atoms with E-state index in [1.54, 1.807) is 27.7 Å². The Labute approximate surface area is 106 Å². The zero-order valence-corrected chi connectivity index (χ0v) is 11.1. The molecule has 0 amide bonds. The highest BCUT2D eigenvalue weighted by molar-refractivity contribution is 6.05. The first-order valence-electron chi connectivity index (χ1n) is 5.76. The Morgan fingerprint density at radius 1 is 1.00 bits per heavy atom. The summed E-state index contributed by atoms with van der Waals surface area (Å²) in [6.45, 7) is 7.17. The summed E-state index contributed by atoms with van der Waals surface area (Å²) >= 11 is 0. The number of hydrogen-bond donors (Lipinski definition) is 1. The topological polar surface area (TPSA) is 83.6 Å². The van der Waals surface area contributed by atoms with E-state index < -0.39 is 11.9 Å². The minimum absolute atomic E-state index is 0.176. The van der Waals surface area contributed by atoms with Crippen molar-refractivity contribution in [1.29, 1.82) is 0 Å². The molecule has 0 atom stereocenters. The summed E-state index contributed by atoms with van der Waals surface area (Å²) in [5.74, 6) is 4.64. The molecule has 1 aromatic rings. The van der Waals surface area contributed by atoms with Gasteiger partial charge in [0, 0.05) is 0 Å². The molecule has 0 radical (unpaired) electrons. The van der Waals surface area contributed by atoms with Crippen LogP contribution in [0.25, 0.3) is 0 Å². The monoisotopic (exact) mass is 254 g/mol. The van der Waals surface area contributed by atoms with Gasteiger partial charge in [0.25, 0.3) is 0 Å². The van der Waals surface area contributed by atoms with Gasteiger partial charge in [-0.15, -0.1) is 0 Å². The van der Waals surface area contributed by atoms with E-state index in [1.165, 1.54) is 4.68 Å². The number of carbonyl (C=O) groups is 2. The molecule has 0 aliphatic heterocycles. The van der Waals surface area contributed by atoms with Crippen LogP contribution in [0.3, 0.4) is 0 Å². The molecule has 1 heterocycles. The summed E-state index contributed by atoms with van der Waals surface area (Å²) in [5, 5.41) is 0. The van der Waals surface area contributed by atoms with Gasteiger partial charge in [0.2, 0.25) is 0 Å². The molecule has 0 aliphatic rings. The third kappa shape index (κ3) is 2.32. The lowest BCUT2D eigenvalue weighted by atomic mass is 10.1. The maximum atomic E-state index is 11.9. The number of carbonyl (C=O) groups excluding carboxylic acids is 2. The maximum Gasteiger partial charge on any atom is 0.340 e. The molecular formula is C12H18N2O4. The van der Waals surface area contributed by atoms with E-state index in [-0.39, 0.29) is 24.3 Å². The van der Waals surface area contributed by atoms with Crippen molar-refractivity contribution in [3.05, 3.63) is 22.5 Å². The van der Waals surface area contributed by atoms with Crippen molar-refractivity contribution in [3.63, 3.8) is 0 Å². The smallest absolute Gasteiger partial charge is 0.340 e. The van der Waals surface area contributed by atoms with Crippen molar-refractivity contribution in [2.24, 2.45) is 0 Å². The highest BCUT2D eigenvalue weighted by Gasteiger charge is 2.28. The second kappa shape index (κ2) is 5.57. The van der Waals surface area contributed by atoms with E-state index in [0.717, 1.165) is 0 Å². The van der Waals surface area contributed by atoms with E-state index in [9.17, 15) is 9.59 Å². The van der Waals surface area contributed by atoms with Crippen LogP contribution in [0.2, 0.25) is 0 Å². The van der Waals surface area contributed by atoms with Crippen molar-refractivity contribution in [2.75, 3.05) is 19.1 Å². The first-order chi connectivity index (χ1) is 8.45. The molecule has 2 N–H and O–H groups in total. The third-order valence-electron chi connectivity index (χ3n) is 2.66. The molecule has 6 nitrogen and oxygen atoms in total. The fraction of sp³-hybridized carbons (Fsp3) is 0.500. The first kappa shape index (κ1) is 14.1. The van der Waals surface area contributed by atoms with Crippen molar-refractivity contribution < 1.29 is 19.1 Å². The Morgan fingerprint density at radius 2 is 1.33 bits per heavy atom. The van der Waals surface area contributed by atoms with Crippen molar-refractivity contribution in [1.82, 2.24) is 4.68 Å². The van der Waals surface area contributed by atoms with E-state index in [4.69, 9.17) is 15.3 Å². The first-order valence-corrected chi connectivity index (χ1v) is 5.76. The number of hydrogen-bond acceptors (Lipinski definition) is 5. The van der Waals surface area contributed by atoms with Crippen molar-refractivity contribution in [2.45, 2.75) is 27.7 Å². The SMILES string of the molecule is CCOC(=O)c1c(C(=O)OCC)c(C)n(N)c1C. The van der Waals surface area contributed by atoms with E-state index >= 15 is 0 Å². The average molecular weight is 254 g/mol. The van der Waals surface area contributed by atoms with Gasteiger partial charge in [-0.3, -0.25) is 4.68 Å². The maximum absolute atomic E-state index is 11.9. The van der Waals surface area contributed by atoms with E-state index in [0.29, 0.717) is 11.4 Å². The fourth-order valence-corrected chi connectivity index (χ4v) is 1.76. The summed E-state index contributed by atoms with van der Waals surface area (Å²) < 4.78 is 11.2. The molecule has 0 unspecified atom stereocenters. The van der Waals surface area contributed by atoms with Crippen LogP contribution in [0.5, 0.6) is 0 Å². The fourth-order valence-electron chi connectivity index (χ4n) is 1.76. The van der Waals surface area contributed by atoms with Crippen LogP contribution in [0.15, 0.2) is 0 Å². The summed E-state index contributed by atoms with van der Waals surface area (Å²) in [6.07, 6.45) is 0. The summed E-state index contributed by atoms with van der Waals surface area (Å²) in [6, 6.07) is 0. The normalized spacial score (nSPS) is 10.2. The number of nitrogens with two attached hydrogens (primary N) is 1. The predicted octanol–water partition coefficient (Wildman–Crippen LogP) is 1.17. The number of esters is 2. The Hall–Kier alpha value is -1.98. The Bertz CT molecular complexity index is 435. The Morgan fingerprint density at radius 3 is 1.61 bits per heavy atom. The van der Waals surface area contributed by atoms with E-state index in [2.05, 4.69) is 0 Å². The molecule has 1 aromatic heterocycles. The number of aromatic nitrogens is 1. The molecule has 0 aliphatic carbocycles. The zero-order valence-electron chi connectivity index (χ0n) is 11.1. The number of nitrogens with zero attached hydrogens (tertiary/aromatic N) is 1. The van der Waals surface area contributed by atoms with Gasteiger partial charge in [-0.2, -0.15) is 0 Å². The largest absolute Gasteiger partial charge is 0.462 e. The van der Waals surface area contributed by atoms with Gasteiger partial charge < -0.3 is 15.3 Å². The molecule has 18 heavy (non-hydrogen) atoms. The number of nitrogen functional groups attached to an aromatic ring is 1. The Kier molecular flexibility index (Phi) is 4.36. The molecule has 0 aromatic carbocycles. The molecule has 0 saturated carbocycles. The van der Waals surface area contributed by atoms with Gasteiger partial charge in [-0.25, -0.2) is 9.59 Å². The Balaban J connectivity index is 3.35. The van der Waals surface area contributed by atoms with Crippen LogP contribution in [0.1, 0.15) is 46.0 Å². The second-order valence-corrected chi connectivity index (χ2v) is 3.73. The summed E-state index contributed by atoms with van der Waals surface area (Å²) in [7, 11) is 0. The van der Waals surface area contributed by atoms with Crippen molar-refractivity contribution >= 4 is 11.9 Å². The zero-order chi connectivity index (χ0) is 13.9. The van der Waals surface area contributed by atoms with Gasteiger partial charge in [0.1, 0.15) is 0 Å². The minimum atomic E-state index is -0.564. The lowest BCUT2D eigenvalue weighted by molar-refractivity contribution is 0.0479. The molecule has 0 saturated heterocycles. The van der Waals surface area contributed by atoms with Gasteiger partial charge in [0.05, 0.1) is 35.7 Å². The lowest BCUT2D eigenvalue weighted by Gasteiger charge is -2.05. The molecule has 0 spiro atoms. The van der Waals surface area contributed by atoms with Gasteiger partial charge in [-0.05, 0) is 27.7 Å². The van der Waals surface area contributed by atoms with Crippen LogP contribution in [-0.4, -0.2) is 29.8 Å². The van der Waals surface area contributed by atoms with Crippen LogP contribution >= 0.6 is 0 Å². The quantitative estimate of drug-likeness (QED) is 0.644. The number of ether oxygens (including phenoxy) is 2. The van der Waals surface area contributed by atoms with Crippen LogP contribution < -0.4 is 5.84 Å². The van der Waals surface area contributed by atoms with Crippen LogP contribution in [0.4, 0.5) is 0 Å². The predicted molar refractivity (Wildman–Crippen MR) is 66.0 cm³/mol. The van der Waals surface area contributed by atoms with Gasteiger partial charge >= 0.3 is 11.9 Å². The summed E-state index contributed by atoms with van der Waals surface area (Å²) in [4.78, 5) is 23.7.